The molecule has 0 unspecified atom stereocenters. The van der Waals surface area contributed by atoms with Crippen LogP contribution >= 0.6 is 11.3 Å². The van der Waals surface area contributed by atoms with Crippen LogP contribution in [0.15, 0.2) is 47.9 Å². The number of thiazole rings is 1. The summed E-state index contributed by atoms with van der Waals surface area (Å²) in [7, 11) is 4.81. The molecule has 0 aliphatic carbocycles. The van der Waals surface area contributed by atoms with E-state index >= 15 is 0 Å². The largest absolute Gasteiger partial charge is 0.496 e. The van der Waals surface area contributed by atoms with Gasteiger partial charge in [-0.05, 0) is 36.3 Å². The molecule has 0 atom stereocenters. The number of carbonyl (C=O) groups excluding carboxylic acids is 1. The van der Waals surface area contributed by atoms with Crippen molar-refractivity contribution in [3.63, 3.8) is 0 Å². The van der Waals surface area contributed by atoms with E-state index in [1.54, 1.807) is 43.7 Å². The van der Waals surface area contributed by atoms with Gasteiger partial charge in [0.15, 0.2) is 0 Å². The molecule has 178 valence electrons. The minimum absolute atomic E-state index is 0.131. The lowest BCUT2D eigenvalue weighted by atomic mass is 9.97. The molecule has 1 aliphatic heterocycles. The smallest absolute Gasteiger partial charge is 0.273 e. The number of benzene rings is 2. The van der Waals surface area contributed by atoms with E-state index in [-0.39, 0.29) is 18.3 Å². The van der Waals surface area contributed by atoms with Gasteiger partial charge in [0.2, 0.25) is 0 Å². The van der Waals surface area contributed by atoms with Crippen molar-refractivity contribution in [1.82, 2.24) is 9.88 Å². The maximum atomic E-state index is 13.0. The number of nitrogens with zero attached hydrogens (tertiary/aromatic N) is 2. The van der Waals surface area contributed by atoms with Crippen LogP contribution in [0, 0.1) is 5.82 Å². The average Bonchev–Trinajstić information content (AvgIpc) is 3.36. The van der Waals surface area contributed by atoms with Crippen LogP contribution < -0.4 is 18.9 Å². The first kappa shape index (κ1) is 23.6. The Morgan fingerprint density at radius 3 is 2.35 bits per heavy atom. The minimum Gasteiger partial charge on any atom is -0.496 e. The first-order valence-corrected chi connectivity index (χ1v) is 11.5. The van der Waals surface area contributed by atoms with Gasteiger partial charge in [0.1, 0.15) is 46.1 Å². The van der Waals surface area contributed by atoms with E-state index in [4.69, 9.17) is 18.9 Å². The van der Waals surface area contributed by atoms with Gasteiger partial charge in [-0.3, -0.25) is 4.79 Å². The van der Waals surface area contributed by atoms with Crippen molar-refractivity contribution in [3.8, 4) is 23.0 Å². The van der Waals surface area contributed by atoms with Gasteiger partial charge in [0.25, 0.3) is 5.91 Å². The second-order valence-electron chi connectivity index (χ2n) is 7.51. The summed E-state index contributed by atoms with van der Waals surface area (Å²) in [4.78, 5) is 19.2. The van der Waals surface area contributed by atoms with Crippen molar-refractivity contribution < 1.29 is 28.1 Å². The van der Waals surface area contributed by atoms with Gasteiger partial charge >= 0.3 is 0 Å². The van der Waals surface area contributed by atoms with Gasteiger partial charge in [0, 0.05) is 30.6 Å². The summed E-state index contributed by atoms with van der Waals surface area (Å²) < 4.78 is 35.1. The second-order valence-corrected chi connectivity index (χ2v) is 8.45. The lowest BCUT2D eigenvalue weighted by molar-refractivity contribution is 0.0767. The topological polar surface area (TPSA) is 70.1 Å². The second kappa shape index (κ2) is 10.6. The van der Waals surface area contributed by atoms with Crippen molar-refractivity contribution >= 4 is 22.8 Å². The minimum atomic E-state index is -0.322. The van der Waals surface area contributed by atoms with Crippen LogP contribution in [0.1, 0.15) is 27.5 Å². The van der Waals surface area contributed by atoms with Gasteiger partial charge in [-0.1, -0.05) is 6.08 Å². The van der Waals surface area contributed by atoms with Gasteiger partial charge in [0.05, 0.1) is 26.9 Å². The van der Waals surface area contributed by atoms with E-state index in [1.807, 2.05) is 18.2 Å². The van der Waals surface area contributed by atoms with Gasteiger partial charge in [-0.15, -0.1) is 11.3 Å². The Morgan fingerprint density at radius 1 is 1.06 bits per heavy atom. The summed E-state index contributed by atoms with van der Waals surface area (Å²) >= 11 is 1.36. The Morgan fingerprint density at radius 2 is 1.76 bits per heavy atom. The first-order valence-electron chi connectivity index (χ1n) is 10.6. The lowest BCUT2D eigenvalue weighted by Crippen LogP contribution is -2.35. The number of methoxy groups -OCH3 is 3. The number of ether oxygens (including phenoxy) is 4. The standard InChI is InChI=1S/C25H25FN2O5S/c1-30-19-12-21(31-2)24(22(13-19)32-3)16-8-10-28(11-9-16)25(29)20-15-34-23(27-20)14-33-18-6-4-17(26)5-7-18/h4-8,12-13,15H,9-11,14H2,1-3H3. The van der Waals surface area contributed by atoms with Crippen molar-refractivity contribution in [3.05, 3.63) is 69.9 Å². The highest BCUT2D eigenvalue weighted by Gasteiger charge is 2.25. The molecule has 2 heterocycles. The Labute approximate surface area is 201 Å². The fraction of sp³-hybridized carbons (Fsp3) is 0.280. The molecular formula is C25H25FN2O5S. The third kappa shape index (κ3) is 5.14. The third-order valence-corrected chi connectivity index (χ3v) is 6.30. The number of halogens is 1. The predicted octanol–water partition coefficient (Wildman–Crippen LogP) is 4.82. The van der Waals surface area contributed by atoms with E-state index in [0.29, 0.717) is 53.2 Å². The molecule has 34 heavy (non-hydrogen) atoms. The van der Waals surface area contributed by atoms with E-state index in [0.717, 1.165) is 11.1 Å². The van der Waals surface area contributed by atoms with E-state index < -0.39 is 0 Å². The molecule has 0 radical (unpaired) electrons. The molecule has 1 amide bonds. The third-order valence-electron chi connectivity index (χ3n) is 5.48. The predicted molar refractivity (Wildman–Crippen MR) is 127 cm³/mol. The summed E-state index contributed by atoms with van der Waals surface area (Å²) in [5.74, 6) is 2.06. The van der Waals surface area contributed by atoms with Crippen molar-refractivity contribution in [2.45, 2.75) is 13.0 Å². The maximum Gasteiger partial charge on any atom is 0.273 e. The van der Waals surface area contributed by atoms with E-state index in [2.05, 4.69) is 4.98 Å². The Hall–Kier alpha value is -3.59. The number of amides is 1. The molecular weight excluding hydrogens is 459 g/mol. The number of carbonyl (C=O) groups is 1. The molecule has 0 bridgehead atoms. The zero-order valence-electron chi connectivity index (χ0n) is 19.2. The summed E-state index contributed by atoms with van der Waals surface area (Å²) in [5, 5.41) is 2.41. The summed E-state index contributed by atoms with van der Waals surface area (Å²) in [5.41, 5.74) is 2.30. The van der Waals surface area contributed by atoms with Crippen LogP contribution in [0.3, 0.4) is 0 Å². The van der Waals surface area contributed by atoms with E-state index in [1.165, 1.54) is 23.5 Å². The monoisotopic (exact) mass is 484 g/mol. The zero-order valence-corrected chi connectivity index (χ0v) is 20.0. The molecule has 4 rings (SSSR count). The highest BCUT2D eigenvalue weighted by atomic mass is 32.1. The van der Waals surface area contributed by atoms with Gasteiger partial charge < -0.3 is 23.8 Å². The lowest BCUT2D eigenvalue weighted by Gasteiger charge is -2.27. The highest BCUT2D eigenvalue weighted by molar-refractivity contribution is 7.09. The quantitative estimate of drug-likeness (QED) is 0.457. The molecule has 0 spiro atoms. The van der Waals surface area contributed by atoms with Crippen molar-refractivity contribution in [1.29, 1.82) is 0 Å². The SMILES string of the molecule is COc1cc(OC)c(C2=CCN(C(=O)c3csc(COc4ccc(F)cc4)n3)CC2)c(OC)c1. The van der Waals surface area contributed by atoms with Crippen LogP contribution in [-0.4, -0.2) is 50.2 Å². The summed E-state index contributed by atoms with van der Waals surface area (Å²) in [6.45, 7) is 1.21. The van der Waals surface area contributed by atoms with Gasteiger partial charge in [-0.25, -0.2) is 9.37 Å². The molecule has 1 aliphatic rings. The van der Waals surface area contributed by atoms with Crippen LogP contribution in [0.2, 0.25) is 0 Å². The molecule has 0 N–H and O–H groups in total. The average molecular weight is 485 g/mol. The molecule has 7 nitrogen and oxygen atoms in total. The van der Waals surface area contributed by atoms with Crippen molar-refractivity contribution in [2.24, 2.45) is 0 Å². The number of hydrogen-bond donors (Lipinski definition) is 0. The van der Waals surface area contributed by atoms with Crippen molar-refractivity contribution in [2.75, 3.05) is 34.4 Å². The molecule has 0 saturated heterocycles. The molecule has 1 aromatic heterocycles. The maximum absolute atomic E-state index is 13.0. The van der Waals surface area contributed by atoms with Gasteiger partial charge in [-0.2, -0.15) is 0 Å². The number of aromatic nitrogens is 1. The Bertz CT molecular complexity index is 1170. The molecule has 2 aromatic carbocycles. The normalized spacial score (nSPS) is 13.3. The summed E-state index contributed by atoms with van der Waals surface area (Å²) in [6.07, 6.45) is 2.66. The molecule has 0 saturated carbocycles. The van der Waals surface area contributed by atoms with Crippen LogP contribution in [0.4, 0.5) is 4.39 Å². The first-order chi connectivity index (χ1) is 16.5. The molecule has 3 aromatic rings. The van der Waals surface area contributed by atoms with Crippen LogP contribution in [-0.2, 0) is 6.61 Å². The Balaban J connectivity index is 1.43. The number of hydrogen-bond acceptors (Lipinski definition) is 7. The van der Waals surface area contributed by atoms with Crippen LogP contribution in [0.25, 0.3) is 5.57 Å². The number of rotatable bonds is 8. The van der Waals surface area contributed by atoms with E-state index in [9.17, 15) is 9.18 Å². The summed E-state index contributed by atoms with van der Waals surface area (Å²) in [6, 6.07) is 9.42. The molecule has 9 heteroatoms. The highest BCUT2D eigenvalue weighted by Crippen LogP contribution is 2.41. The fourth-order valence-electron chi connectivity index (χ4n) is 3.72. The fourth-order valence-corrected chi connectivity index (χ4v) is 4.40. The Kier molecular flexibility index (Phi) is 7.32. The zero-order chi connectivity index (χ0) is 24.1. The van der Waals surface area contributed by atoms with Crippen LogP contribution in [0.5, 0.6) is 23.0 Å². The molecule has 0 fully saturated rings.